The van der Waals surface area contributed by atoms with Crippen molar-refractivity contribution in [3.05, 3.63) is 35.4 Å². The molecule has 5 heteroatoms. The highest BCUT2D eigenvalue weighted by Crippen LogP contribution is 2.18. The lowest BCUT2D eigenvalue weighted by molar-refractivity contribution is -0.109. The molecular formula is C12H13F2NOS. The molecule has 0 aromatic heterocycles. The molecule has 2 nitrogen and oxygen atoms in total. The molecule has 0 saturated heterocycles. The van der Waals surface area contributed by atoms with Gasteiger partial charge < -0.3 is 5.73 Å². The van der Waals surface area contributed by atoms with Crippen molar-refractivity contribution in [1.82, 2.24) is 0 Å². The molecule has 0 fully saturated rings. The maximum atomic E-state index is 13.1. The second-order valence-electron chi connectivity index (χ2n) is 3.43. The maximum absolute atomic E-state index is 13.1. The zero-order chi connectivity index (χ0) is 12.8. The molecule has 0 spiro atoms. The van der Waals surface area contributed by atoms with E-state index in [1.807, 2.05) is 0 Å². The van der Waals surface area contributed by atoms with Crippen LogP contribution in [0.15, 0.2) is 18.2 Å². The molecule has 0 heterocycles. The molecule has 0 aliphatic carbocycles. The number of carbonyl (C=O) groups excluding carboxylic acids is 1. The van der Waals surface area contributed by atoms with Crippen molar-refractivity contribution in [3.8, 4) is 0 Å². The topological polar surface area (TPSA) is 43.1 Å². The summed E-state index contributed by atoms with van der Waals surface area (Å²) in [4.78, 5) is 10.6. The van der Waals surface area contributed by atoms with Gasteiger partial charge in [-0.1, -0.05) is 23.9 Å². The smallest absolute Gasteiger partial charge is 0.185 e. The van der Waals surface area contributed by atoms with Gasteiger partial charge in [-0.2, -0.15) is 0 Å². The van der Waals surface area contributed by atoms with Crippen LogP contribution in [0.1, 0.15) is 18.9 Å². The standard InChI is InChI=1S/C12H13F2NOS/c1-8(16)17-5-3-2-4-9-6-10(13)12(15)11(14)7-9/h2,4,6-7H,3,5,15H2,1H3. The van der Waals surface area contributed by atoms with E-state index in [4.69, 9.17) is 5.73 Å². The number of halogens is 2. The van der Waals surface area contributed by atoms with Crippen molar-refractivity contribution >= 4 is 28.6 Å². The quantitative estimate of drug-likeness (QED) is 0.665. The molecular weight excluding hydrogens is 244 g/mol. The second kappa shape index (κ2) is 6.39. The van der Waals surface area contributed by atoms with Crippen LogP contribution in [0.25, 0.3) is 6.08 Å². The lowest BCUT2D eigenvalue weighted by Crippen LogP contribution is -1.95. The molecule has 2 N–H and O–H groups in total. The molecule has 0 atom stereocenters. The first-order valence-corrected chi connectivity index (χ1v) is 6.03. The highest BCUT2D eigenvalue weighted by molar-refractivity contribution is 8.13. The third-order valence-electron chi connectivity index (χ3n) is 2.00. The fourth-order valence-corrected chi connectivity index (χ4v) is 1.73. The second-order valence-corrected chi connectivity index (χ2v) is 4.70. The van der Waals surface area contributed by atoms with Crippen molar-refractivity contribution in [2.45, 2.75) is 13.3 Å². The van der Waals surface area contributed by atoms with E-state index in [-0.39, 0.29) is 5.12 Å². The van der Waals surface area contributed by atoms with Gasteiger partial charge in [0.25, 0.3) is 0 Å². The Balaban J connectivity index is 2.57. The Morgan fingerprint density at radius 3 is 2.53 bits per heavy atom. The van der Waals surface area contributed by atoms with E-state index >= 15 is 0 Å². The zero-order valence-corrected chi connectivity index (χ0v) is 10.2. The molecule has 0 amide bonds. The number of anilines is 1. The highest BCUT2D eigenvalue weighted by Gasteiger charge is 2.05. The van der Waals surface area contributed by atoms with Crippen LogP contribution in [-0.2, 0) is 4.79 Å². The molecule has 17 heavy (non-hydrogen) atoms. The van der Waals surface area contributed by atoms with E-state index in [1.165, 1.54) is 30.8 Å². The first-order valence-electron chi connectivity index (χ1n) is 5.05. The molecule has 92 valence electrons. The van der Waals surface area contributed by atoms with Gasteiger partial charge in [-0.3, -0.25) is 4.79 Å². The van der Waals surface area contributed by atoms with Crippen LogP contribution in [0.4, 0.5) is 14.5 Å². The lowest BCUT2D eigenvalue weighted by atomic mass is 10.1. The highest BCUT2D eigenvalue weighted by atomic mass is 32.2. The molecule has 1 aromatic carbocycles. The zero-order valence-electron chi connectivity index (χ0n) is 9.37. The molecule has 0 unspecified atom stereocenters. The third-order valence-corrected chi connectivity index (χ3v) is 2.85. The number of benzene rings is 1. The molecule has 0 bridgehead atoms. The Labute approximate surface area is 103 Å². The van der Waals surface area contributed by atoms with E-state index in [0.29, 0.717) is 17.7 Å². The van der Waals surface area contributed by atoms with Gasteiger partial charge >= 0.3 is 0 Å². The number of thioether (sulfide) groups is 1. The summed E-state index contributed by atoms with van der Waals surface area (Å²) in [5.74, 6) is -0.864. The van der Waals surface area contributed by atoms with Crippen LogP contribution in [0, 0.1) is 11.6 Å². The summed E-state index contributed by atoms with van der Waals surface area (Å²) in [6, 6.07) is 2.35. The van der Waals surface area contributed by atoms with Crippen LogP contribution < -0.4 is 5.73 Å². The minimum absolute atomic E-state index is 0.0583. The SMILES string of the molecule is CC(=O)SCCC=Cc1cc(F)c(N)c(F)c1. The monoisotopic (exact) mass is 257 g/mol. The van der Waals surface area contributed by atoms with E-state index < -0.39 is 17.3 Å². The first kappa shape index (κ1) is 13.7. The van der Waals surface area contributed by atoms with Crippen LogP contribution in [0.5, 0.6) is 0 Å². The normalized spacial score (nSPS) is 11.0. The van der Waals surface area contributed by atoms with Gasteiger partial charge in [-0.15, -0.1) is 0 Å². The number of allylic oxidation sites excluding steroid dienone is 1. The minimum atomic E-state index is -0.761. The summed E-state index contributed by atoms with van der Waals surface area (Å²) in [6.07, 6.45) is 4.03. The van der Waals surface area contributed by atoms with Crippen LogP contribution >= 0.6 is 11.8 Å². The van der Waals surface area contributed by atoms with Crippen LogP contribution in [-0.4, -0.2) is 10.9 Å². The Morgan fingerprint density at radius 2 is 2.00 bits per heavy atom. The summed E-state index contributed by atoms with van der Waals surface area (Å²) in [5.41, 5.74) is 5.10. The van der Waals surface area contributed by atoms with Crippen molar-refractivity contribution < 1.29 is 13.6 Å². The van der Waals surface area contributed by atoms with E-state index in [2.05, 4.69) is 0 Å². The van der Waals surface area contributed by atoms with E-state index in [1.54, 1.807) is 12.2 Å². The molecule has 1 rings (SSSR count). The molecule has 1 aromatic rings. The molecule has 0 aliphatic rings. The number of carbonyl (C=O) groups is 1. The van der Waals surface area contributed by atoms with Gasteiger partial charge in [0.1, 0.15) is 17.3 Å². The average molecular weight is 257 g/mol. The van der Waals surface area contributed by atoms with Crippen molar-refractivity contribution in [1.29, 1.82) is 0 Å². The number of hydrogen-bond acceptors (Lipinski definition) is 3. The predicted molar refractivity (Wildman–Crippen MR) is 67.6 cm³/mol. The minimum Gasteiger partial charge on any atom is -0.394 e. The summed E-state index contributed by atoms with van der Waals surface area (Å²) >= 11 is 1.22. The number of nitrogens with two attached hydrogens (primary N) is 1. The molecule has 0 radical (unpaired) electrons. The Kier molecular flexibility index (Phi) is 5.15. The van der Waals surface area contributed by atoms with Gasteiger partial charge in [0, 0.05) is 12.7 Å². The van der Waals surface area contributed by atoms with E-state index in [0.717, 1.165) is 0 Å². The van der Waals surface area contributed by atoms with Gasteiger partial charge in [0.2, 0.25) is 0 Å². The fourth-order valence-electron chi connectivity index (χ4n) is 1.19. The maximum Gasteiger partial charge on any atom is 0.185 e. The summed E-state index contributed by atoms with van der Waals surface area (Å²) in [7, 11) is 0. The van der Waals surface area contributed by atoms with Gasteiger partial charge in [-0.25, -0.2) is 8.78 Å². The lowest BCUT2D eigenvalue weighted by Gasteiger charge is -2.00. The van der Waals surface area contributed by atoms with Crippen LogP contribution in [0.3, 0.4) is 0 Å². The summed E-state index contributed by atoms with van der Waals surface area (Å²) in [5, 5.41) is 0.0583. The number of rotatable bonds is 4. The van der Waals surface area contributed by atoms with Crippen molar-refractivity contribution in [2.75, 3.05) is 11.5 Å². The summed E-state index contributed by atoms with van der Waals surface area (Å²) in [6.45, 7) is 1.50. The summed E-state index contributed by atoms with van der Waals surface area (Å²) < 4.78 is 26.1. The van der Waals surface area contributed by atoms with E-state index in [9.17, 15) is 13.6 Å². The predicted octanol–water partition coefficient (Wildman–Crippen LogP) is 3.23. The Bertz CT molecular complexity index is 423. The van der Waals surface area contributed by atoms with Crippen LogP contribution in [0.2, 0.25) is 0 Å². The largest absolute Gasteiger partial charge is 0.394 e. The van der Waals surface area contributed by atoms with Crippen molar-refractivity contribution in [3.63, 3.8) is 0 Å². The number of hydrogen-bond donors (Lipinski definition) is 1. The Morgan fingerprint density at radius 1 is 1.41 bits per heavy atom. The molecule has 0 saturated carbocycles. The third kappa shape index (κ3) is 4.56. The Hall–Kier alpha value is -1.36. The van der Waals surface area contributed by atoms with Crippen molar-refractivity contribution in [2.24, 2.45) is 0 Å². The number of nitrogen functional groups attached to an aromatic ring is 1. The van der Waals surface area contributed by atoms with Gasteiger partial charge in [0.05, 0.1) is 0 Å². The first-order chi connectivity index (χ1) is 8.00. The molecule has 0 aliphatic heterocycles. The van der Waals surface area contributed by atoms with Gasteiger partial charge in [-0.05, 0) is 24.1 Å². The fraction of sp³-hybridized carbons (Fsp3) is 0.250. The van der Waals surface area contributed by atoms with Gasteiger partial charge in [0.15, 0.2) is 5.12 Å². The average Bonchev–Trinajstić information content (AvgIpc) is 2.25.